The first-order chi connectivity index (χ1) is 19.9. The Morgan fingerprint density at radius 2 is 1.93 bits per heavy atom. The standard InChI is InChI=1S/C30H35F2N7O2/c1-41-24-6-10-39(11-7-24)27-5-3-23(18-34-27)35-29(40)28-25-15-21(2-4-26(25)36-37-28)22-14-20(16-33-17-22)19-38-12-8-30(31,32)9-13-38/h2-5,14-18,24,27,34H,6-13,19H2,1H3,(H,35,40)(H,36,37). The van der Waals surface area contributed by atoms with Gasteiger partial charge in [0.05, 0.1) is 23.5 Å². The lowest BCUT2D eigenvalue weighted by atomic mass is 10.0. The minimum Gasteiger partial charge on any atom is -0.381 e. The van der Waals surface area contributed by atoms with Gasteiger partial charge in [0.1, 0.15) is 0 Å². The normalized spacial score (nSPS) is 21.9. The summed E-state index contributed by atoms with van der Waals surface area (Å²) >= 11 is 0. The molecule has 1 unspecified atom stereocenters. The van der Waals surface area contributed by atoms with Gasteiger partial charge in [-0.2, -0.15) is 5.10 Å². The van der Waals surface area contributed by atoms with Crippen molar-refractivity contribution in [1.29, 1.82) is 0 Å². The van der Waals surface area contributed by atoms with E-state index in [0.29, 0.717) is 42.5 Å². The number of ether oxygens (including phenoxy) is 1. The Morgan fingerprint density at radius 1 is 1.12 bits per heavy atom. The van der Waals surface area contributed by atoms with Crippen LogP contribution in [-0.2, 0) is 11.3 Å². The first-order valence-electron chi connectivity index (χ1n) is 14.1. The lowest BCUT2D eigenvalue weighted by molar-refractivity contribution is -0.0566. The van der Waals surface area contributed by atoms with Gasteiger partial charge in [-0.05, 0) is 54.3 Å². The van der Waals surface area contributed by atoms with Gasteiger partial charge in [-0.3, -0.25) is 24.7 Å². The molecule has 2 fully saturated rings. The number of rotatable bonds is 7. The second kappa shape index (κ2) is 11.7. The highest BCUT2D eigenvalue weighted by Gasteiger charge is 2.33. The van der Waals surface area contributed by atoms with Gasteiger partial charge in [-0.1, -0.05) is 6.07 Å². The fourth-order valence-electron chi connectivity index (χ4n) is 5.75. The fourth-order valence-corrected chi connectivity index (χ4v) is 5.75. The average molecular weight is 564 g/mol. The van der Waals surface area contributed by atoms with Crippen LogP contribution in [0.4, 0.5) is 8.78 Å². The predicted octanol–water partition coefficient (Wildman–Crippen LogP) is 4.02. The number of nitrogens with zero attached hydrogens (tertiary/aromatic N) is 4. The first kappa shape index (κ1) is 27.5. The number of nitrogens with one attached hydrogen (secondary N) is 3. The van der Waals surface area contributed by atoms with Gasteiger partial charge >= 0.3 is 0 Å². The summed E-state index contributed by atoms with van der Waals surface area (Å²) in [6.45, 7) is 3.21. The highest BCUT2D eigenvalue weighted by atomic mass is 19.3. The van der Waals surface area contributed by atoms with Crippen molar-refractivity contribution >= 4 is 16.8 Å². The van der Waals surface area contributed by atoms with Gasteiger partial charge in [0.15, 0.2) is 5.69 Å². The summed E-state index contributed by atoms with van der Waals surface area (Å²) in [6, 6.07) is 7.81. The molecule has 0 radical (unpaired) electrons. The Morgan fingerprint density at radius 3 is 2.66 bits per heavy atom. The van der Waals surface area contributed by atoms with Gasteiger partial charge in [-0.15, -0.1) is 0 Å². The molecule has 41 heavy (non-hydrogen) atoms. The van der Waals surface area contributed by atoms with Crippen LogP contribution in [0.3, 0.4) is 0 Å². The second-order valence-electron chi connectivity index (χ2n) is 11.0. The Kier molecular flexibility index (Phi) is 7.83. The molecular formula is C30H35F2N7O2. The number of methoxy groups -OCH3 is 1. The van der Waals surface area contributed by atoms with Crippen LogP contribution >= 0.6 is 0 Å². The molecule has 3 aromatic rings. The van der Waals surface area contributed by atoms with E-state index in [4.69, 9.17) is 4.74 Å². The number of aromatic nitrogens is 3. The third-order valence-electron chi connectivity index (χ3n) is 8.23. The number of benzene rings is 1. The van der Waals surface area contributed by atoms with E-state index in [-0.39, 0.29) is 24.9 Å². The molecule has 1 atom stereocenters. The van der Waals surface area contributed by atoms with E-state index >= 15 is 0 Å². The molecule has 5 heterocycles. The number of pyridine rings is 1. The number of allylic oxidation sites excluding steroid dienone is 1. The van der Waals surface area contributed by atoms with Crippen molar-refractivity contribution in [2.45, 2.75) is 50.4 Å². The molecule has 9 nitrogen and oxygen atoms in total. The van der Waals surface area contributed by atoms with E-state index in [1.807, 2.05) is 41.4 Å². The van der Waals surface area contributed by atoms with Gasteiger partial charge < -0.3 is 15.4 Å². The zero-order valence-corrected chi connectivity index (χ0v) is 23.1. The molecule has 1 aromatic carbocycles. The summed E-state index contributed by atoms with van der Waals surface area (Å²) in [5, 5.41) is 14.3. The number of hydrogen-bond acceptors (Lipinski definition) is 7. The number of carbonyl (C=O) groups is 1. The maximum atomic E-state index is 13.5. The number of dihydropyridines is 1. The maximum absolute atomic E-state index is 13.5. The number of alkyl halides is 2. The molecular weight excluding hydrogens is 528 g/mol. The monoisotopic (exact) mass is 563 g/mol. The zero-order valence-electron chi connectivity index (χ0n) is 23.1. The highest BCUT2D eigenvalue weighted by molar-refractivity contribution is 6.06. The summed E-state index contributed by atoms with van der Waals surface area (Å²) in [5.41, 5.74) is 4.47. The number of halogens is 2. The van der Waals surface area contributed by atoms with Crippen LogP contribution in [0.1, 0.15) is 41.7 Å². The quantitative estimate of drug-likeness (QED) is 0.400. The number of amides is 1. The highest BCUT2D eigenvalue weighted by Crippen LogP contribution is 2.30. The van der Waals surface area contributed by atoms with Crippen LogP contribution in [0, 0.1) is 0 Å². The van der Waals surface area contributed by atoms with Crippen LogP contribution < -0.4 is 10.6 Å². The third kappa shape index (κ3) is 6.32. The topological polar surface area (TPSA) is 98.4 Å². The minimum atomic E-state index is -2.56. The first-order valence-corrected chi connectivity index (χ1v) is 14.1. The lowest BCUT2D eigenvalue weighted by Crippen LogP contribution is -2.48. The summed E-state index contributed by atoms with van der Waals surface area (Å²) < 4.78 is 32.5. The number of carbonyl (C=O) groups excluding carboxylic acids is 1. The molecule has 3 aliphatic heterocycles. The van der Waals surface area contributed by atoms with Crippen LogP contribution in [0.15, 0.2) is 60.7 Å². The molecule has 0 spiro atoms. The number of H-pyrrole nitrogens is 1. The van der Waals surface area contributed by atoms with Crippen LogP contribution in [0.25, 0.3) is 22.0 Å². The van der Waals surface area contributed by atoms with E-state index in [1.54, 1.807) is 19.5 Å². The van der Waals surface area contributed by atoms with Gasteiger partial charge in [0, 0.05) is 82.2 Å². The Balaban J connectivity index is 1.11. The zero-order chi connectivity index (χ0) is 28.4. The smallest absolute Gasteiger partial charge is 0.276 e. The number of fused-ring (bicyclic) bond motifs is 1. The van der Waals surface area contributed by atoms with Crippen molar-refractivity contribution in [3.63, 3.8) is 0 Å². The van der Waals surface area contributed by atoms with Gasteiger partial charge in [0.2, 0.25) is 0 Å². The summed E-state index contributed by atoms with van der Waals surface area (Å²) in [6.07, 6.45) is 11.5. The summed E-state index contributed by atoms with van der Waals surface area (Å²) in [7, 11) is 1.77. The average Bonchev–Trinajstić information content (AvgIpc) is 3.42. The number of likely N-dealkylation sites (tertiary alicyclic amines) is 2. The maximum Gasteiger partial charge on any atom is 0.276 e. The summed E-state index contributed by atoms with van der Waals surface area (Å²) in [4.78, 5) is 22.0. The molecule has 0 bridgehead atoms. The van der Waals surface area contributed by atoms with Crippen molar-refractivity contribution in [3.05, 3.63) is 72.0 Å². The molecule has 3 N–H and O–H groups in total. The second-order valence-corrected chi connectivity index (χ2v) is 11.0. The van der Waals surface area contributed by atoms with E-state index in [0.717, 1.165) is 48.1 Å². The van der Waals surface area contributed by atoms with Gasteiger partial charge in [0.25, 0.3) is 11.8 Å². The Hall–Kier alpha value is -3.67. The Labute approximate surface area is 237 Å². The molecule has 0 saturated carbocycles. The number of piperidine rings is 2. The van der Waals surface area contributed by atoms with Crippen molar-refractivity contribution in [1.82, 2.24) is 35.6 Å². The molecule has 6 rings (SSSR count). The molecule has 3 aliphatic rings. The largest absolute Gasteiger partial charge is 0.381 e. The van der Waals surface area contributed by atoms with E-state index in [1.165, 1.54) is 0 Å². The molecule has 11 heteroatoms. The van der Waals surface area contributed by atoms with Gasteiger partial charge in [-0.25, -0.2) is 8.78 Å². The SMILES string of the molecule is COC1CCN(C2C=CC(NC(=O)c3n[nH]c4ccc(-c5cncc(CN6CCC(F)(F)CC6)c5)cc34)=CN2)CC1. The lowest BCUT2D eigenvalue weighted by Gasteiger charge is -2.36. The minimum absolute atomic E-state index is 0.0856. The van der Waals surface area contributed by atoms with Crippen LogP contribution in [0.5, 0.6) is 0 Å². The Bertz CT molecular complexity index is 1450. The van der Waals surface area contributed by atoms with Crippen LogP contribution in [-0.4, -0.2) is 82.4 Å². The predicted molar refractivity (Wildman–Crippen MR) is 152 cm³/mol. The molecule has 2 saturated heterocycles. The summed E-state index contributed by atoms with van der Waals surface area (Å²) in [5.74, 6) is -2.87. The third-order valence-corrected chi connectivity index (χ3v) is 8.23. The van der Waals surface area contributed by atoms with Crippen molar-refractivity contribution in [2.75, 3.05) is 33.3 Å². The van der Waals surface area contributed by atoms with Crippen molar-refractivity contribution < 1.29 is 18.3 Å². The van der Waals surface area contributed by atoms with E-state index < -0.39 is 5.92 Å². The molecule has 2 aromatic heterocycles. The molecule has 1 amide bonds. The fraction of sp³-hybridized carbons (Fsp3) is 0.433. The van der Waals surface area contributed by atoms with E-state index in [2.05, 4.69) is 36.8 Å². The van der Waals surface area contributed by atoms with Crippen LogP contribution in [0.2, 0.25) is 0 Å². The van der Waals surface area contributed by atoms with Crippen molar-refractivity contribution in [2.24, 2.45) is 0 Å². The van der Waals surface area contributed by atoms with E-state index in [9.17, 15) is 13.6 Å². The number of aromatic amines is 1. The number of hydrogen-bond donors (Lipinski definition) is 3. The van der Waals surface area contributed by atoms with Crippen molar-refractivity contribution in [3.8, 4) is 11.1 Å². The molecule has 216 valence electrons. The molecule has 0 aliphatic carbocycles.